The summed E-state index contributed by atoms with van der Waals surface area (Å²) in [6.45, 7) is 5.22. The minimum Gasteiger partial charge on any atom is -0.370 e. The van der Waals surface area contributed by atoms with Crippen LogP contribution in [0.4, 0.5) is 11.8 Å². The van der Waals surface area contributed by atoms with Gasteiger partial charge in [-0.15, -0.1) is 0 Å². The lowest BCUT2D eigenvalue weighted by Crippen LogP contribution is -2.20. The predicted molar refractivity (Wildman–Crippen MR) is 85.3 cm³/mol. The molecule has 4 heteroatoms. The fourth-order valence-corrected chi connectivity index (χ4v) is 2.72. The Morgan fingerprint density at radius 1 is 1.15 bits per heavy atom. The third kappa shape index (κ3) is 4.99. The van der Waals surface area contributed by atoms with Crippen LogP contribution in [0.1, 0.15) is 64.0 Å². The average molecular weight is 276 g/mol. The van der Waals surface area contributed by atoms with Crippen LogP contribution in [0.2, 0.25) is 0 Å². The van der Waals surface area contributed by atoms with Crippen molar-refractivity contribution < 1.29 is 0 Å². The zero-order chi connectivity index (χ0) is 14.2. The molecular formula is C16H28N4. The third-order valence-corrected chi connectivity index (χ3v) is 3.88. The minimum absolute atomic E-state index is 0.544. The molecule has 4 nitrogen and oxygen atoms in total. The van der Waals surface area contributed by atoms with E-state index in [1.807, 2.05) is 13.0 Å². The summed E-state index contributed by atoms with van der Waals surface area (Å²) in [7, 11) is 0. The Bertz CT molecular complexity index is 397. The van der Waals surface area contributed by atoms with Crippen molar-refractivity contribution in [3.05, 3.63) is 11.8 Å². The molecule has 0 saturated heterocycles. The van der Waals surface area contributed by atoms with Gasteiger partial charge >= 0.3 is 0 Å². The SMILES string of the molecule is CCCCNc1cc(C)nc(NC2CCCCCC2)n1. The first-order chi connectivity index (χ1) is 9.78. The molecule has 0 aliphatic heterocycles. The van der Waals surface area contributed by atoms with Crippen molar-refractivity contribution in [2.24, 2.45) is 0 Å². The van der Waals surface area contributed by atoms with Crippen LogP contribution in [0.15, 0.2) is 6.07 Å². The van der Waals surface area contributed by atoms with E-state index >= 15 is 0 Å². The fraction of sp³-hybridized carbons (Fsp3) is 0.750. The van der Waals surface area contributed by atoms with Crippen LogP contribution in [0.3, 0.4) is 0 Å². The molecule has 1 saturated carbocycles. The second kappa shape index (κ2) is 8.08. The van der Waals surface area contributed by atoms with Crippen molar-refractivity contribution in [1.29, 1.82) is 0 Å². The second-order valence-electron chi connectivity index (χ2n) is 5.83. The number of aryl methyl sites for hydroxylation is 1. The molecule has 0 atom stereocenters. The normalized spacial score (nSPS) is 16.7. The van der Waals surface area contributed by atoms with E-state index in [0.29, 0.717) is 6.04 Å². The van der Waals surface area contributed by atoms with Gasteiger partial charge in [0.1, 0.15) is 5.82 Å². The Morgan fingerprint density at radius 2 is 1.90 bits per heavy atom. The molecule has 1 aromatic heterocycles. The average Bonchev–Trinajstić information content (AvgIpc) is 2.67. The lowest BCUT2D eigenvalue weighted by Gasteiger charge is -2.17. The Balaban J connectivity index is 1.95. The third-order valence-electron chi connectivity index (χ3n) is 3.88. The van der Waals surface area contributed by atoms with Crippen molar-refractivity contribution in [1.82, 2.24) is 9.97 Å². The number of aromatic nitrogens is 2. The molecular weight excluding hydrogens is 248 g/mol. The van der Waals surface area contributed by atoms with E-state index in [0.717, 1.165) is 24.0 Å². The van der Waals surface area contributed by atoms with Crippen molar-refractivity contribution >= 4 is 11.8 Å². The molecule has 1 aromatic rings. The molecule has 112 valence electrons. The number of nitrogens with one attached hydrogen (secondary N) is 2. The van der Waals surface area contributed by atoms with E-state index in [1.54, 1.807) is 0 Å². The second-order valence-corrected chi connectivity index (χ2v) is 5.83. The van der Waals surface area contributed by atoms with Gasteiger partial charge < -0.3 is 10.6 Å². The summed E-state index contributed by atoms with van der Waals surface area (Å²) >= 11 is 0. The molecule has 0 amide bonds. The minimum atomic E-state index is 0.544. The molecule has 2 rings (SSSR count). The molecule has 0 aromatic carbocycles. The van der Waals surface area contributed by atoms with Gasteiger partial charge in [-0.2, -0.15) is 4.98 Å². The molecule has 2 N–H and O–H groups in total. The molecule has 1 aliphatic carbocycles. The summed E-state index contributed by atoms with van der Waals surface area (Å²) in [5.41, 5.74) is 1.02. The number of rotatable bonds is 6. The van der Waals surface area contributed by atoms with E-state index in [-0.39, 0.29) is 0 Å². The van der Waals surface area contributed by atoms with Crippen molar-refractivity contribution in [2.45, 2.75) is 71.3 Å². The van der Waals surface area contributed by atoms with Crippen LogP contribution < -0.4 is 10.6 Å². The fourth-order valence-electron chi connectivity index (χ4n) is 2.72. The van der Waals surface area contributed by atoms with Crippen LogP contribution in [-0.4, -0.2) is 22.6 Å². The summed E-state index contributed by atoms with van der Waals surface area (Å²) in [6, 6.07) is 2.57. The van der Waals surface area contributed by atoms with Crippen LogP contribution >= 0.6 is 0 Å². The number of hydrogen-bond donors (Lipinski definition) is 2. The Morgan fingerprint density at radius 3 is 2.60 bits per heavy atom. The zero-order valence-corrected chi connectivity index (χ0v) is 12.9. The molecule has 20 heavy (non-hydrogen) atoms. The standard InChI is InChI=1S/C16H28N4/c1-3-4-11-17-15-12-13(2)18-16(20-15)19-14-9-7-5-6-8-10-14/h12,14H,3-11H2,1-2H3,(H2,17,18,19,20). The van der Waals surface area contributed by atoms with Crippen LogP contribution in [0.25, 0.3) is 0 Å². The van der Waals surface area contributed by atoms with Crippen LogP contribution in [0.5, 0.6) is 0 Å². The quantitative estimate of drug-likeness (QED) is 0.606. The molecule has 1 aliphatic rings. The Hall–Kier alpha value is -1.32. The van der Waals surface area contributed by atoms with Gasteiger partial charge in [0.2, 0.25) is 5.95 Å². The lowest BCUT2D eigenvalue weighted by atomic mass is 10.1. The summed E-state index contributed by atoms with van der Waals surface area (Å²) in [4.78, 5) is 9.12. The summed E-state index contributed by atoms with van der Waals surface area (Å²) in [5.74, 6) is 1.73. The molecule has 0 unspecified atom stereocenters. The molecule has 0 bridgehead atoms. The zero-order valence-electron chi connectivity index (χ0n) is 12.9. The highest BCUT2D eigenvalue weighted by Gasteiger charge is 2.13. The van der Waals surface area contributed by atoms with Gasteiger partial charge in [0.05, 0.1) is 0 Å². The lowest BCUT2D eigenvalue weighted by molar-refractivity contribution is 0.614. The van der Waals surface area contributed by atoms with E-state index in [4.69, 9.17) is 0 Å². The van der Waals surface area contributed by atoms with Crippen molar-refractivity contribution in [2.75, 3.05) is 17.2 Å². The number of nitrogens with zero attached hydrogens (tertiary/aromatic N) is 2. The van der Waals surface area contributed by atoms with E-state index < -0.39 is 0 Å². The predicted octanol–water partition coefficient (Wildman–Crippen LogP) is 4.13. The maximum atomic E-state index is 4.60. The highest BCUT2D eigenvalue weighted by Crippen LogP contribution is 2.20. The molecule has 1 fully saturated rings. The first-order valence-electron chi connectivity index (χ1n) is 8.14. The smallest absolute Gasteiger partial charge is 0.225 e. The topological polar surface area (TPSA) is 49.8 Å². The van der Waals surface area contributed by atoms with Gasteiger partial charge in [-0.25, -0.2) is 4.98 Å². The van der Waals surface area contributed by atoms with Crippen molar-refractivity contribution in [3.63, 3.8) is 0 Å². The number of unbranched alkanes of at least 4 members (excludes halogenated alkanes) is 1. The van der Waals surface area contributed by atoms with E-state index in [9.17, 15) is 0 Å². The highest BCUT2D eigenvalue weighted by atomic mass is 15.2. The van der Waals surface area contributed by atoms with Crippen molar-refractivity contribution in [3.8, 4) is 0 Å². The monoisotopic (exact) mass is 276 g/mol. The Labute approximate surface area is 122 Å². The van der Waals surface area contributed by atoms with Gasteiger partial charge in [0.25, 0.3) is 0 Å². The summed E-state index contributed by atoms with van der Waals surface area (Å²) in [6.07, 6.45) is 10.3. The van der Waals surface area contributed by atoms with Crippen LogP contribution in [0, 0.1) is 6.92 Å². The number of hydrogen-bond acceptors (Lipinski definition) is 4. The van der Waals surface area contributed by atoms with Gasteiger partial charge in [-0.05, 0) is 26.2 Å². The maximum absolute atomic E-state index is 4.60. The van der Waals surface area contributed by atoms with E-state index in [2.05, 4.69) is 27.5 Å². The maximum Gasteiger partial charge on any atom is 0.225 e. The summed E-state index contributed by atoms with van der Waals surface area (Å²) < 4.78 is 0. The van der Waals surface area contributed by atoms with E-state index in [1.165, 1.54) is 51.4 Å². The Kier molecular flexibility index (Phi) is 6.09. The van der Waals surface area contributed by atoms with Gasteiger partial charge in [0.15, 0.2) is 0 Å². The van der Waals surface area contributed by atoms with Gasteiger partial charge in [-0.1, -0.05) is 39.0 Å². The van der Waals surface area contributed by atoms with Gasteiger partial charge in [0, 0.05) is 24.3 Å². The highest BCUT2D eigenvalue weighted by molar-refractivity contribution is 5.42. The number of anilines is 2. The summed E-state index contributed by atoms with van der Waals surface area (Å²) in [5, 5.41) is 6.92. The molecule has 0 spiro atoms. The first-order valence-corrected chi connectivity index (χ1v) is 8.14. The first kappa shape index (κ1) is 15.1. The van der Waals surface area contributed by atoms with Crippen LogP contribution in [-0.2, 0) is 0 Å². The molecule has 1 heterocycles. The molecule has 0 radical (unpaired) electrons. The largest absolute Gasteiger partial charge is 0.370 e. The van der Waals surface area contributed by atoms with Gasteiger partial charge in [-0.3, -0.25) is 0 Å².